The smallest absolute Gasteiger partial charge is 0.165 e. The average molecular weight is 327 g/mol. The molecule has 2 aliphatic carbocycles. The van der Waals surface area contributed by atoms with Crippen molar-refractivity contribution in [1.82, 2.24) is 4.90 Å². The molecule has 1 unspecified atom stereocenters. The highest BCUT2D eigenvalue weighted by molar-refractivity contribution is 5.62. The third-order valence-electron chi connectivity index (χ3n) is 7.04. The fourth-order valence-electron chi connectivity index (χ4n) is 6.16. The van der Waals surface area contributed by atoms with Gasteiger partial charge in [-0.2, -0.15) is 0 Å². The summed E-state index contributed by atoms with van der Waals surface area (Å²) in [5, 5.41) is 12.0. The lowest BCUT2D eigenvalue weighted by atomic mass is 9.49. The van der Waals surface area contributed by atoms with Crippen LogP contribution in [0.25, 0.3) is 0 Å². The van der Waals surface area contributed by atoms with Gasteiger partial charge >= 0.3 is 0 Å². The molecule has 4 aliphatic rings. The Kier molecular flexibility index (Phi) is 2.94. The molecule has 0 aromatic heterocycles. The minimum absolute atomic E-state index is 0.0787. The number of likely N-dealkylation sites (tertiary alicyclic amines) is 1. The van der Waals surface area contributed by atoms with Crippen molar-refractivity contribution in [3.05, 3.63) is 35.9 Å². The molecule has 1 spiro atoms. The zero-order valence-electron chi connectivity index (χ0n) is 14.3. The van der Waals surface area contributed by atoms with Crippen molar-refractivity contribution in [3.63, 3.8) is 0 Å². The summed E-state index contributed by atoms with van der Waals surface area (Å²) >= 11 is 0. The van der Waals surface area contributed by atoms with Crippen LogP contribution in [-0.2, 0) is 11.8 Å². The van der Waals surface area contributed by atoms with Crippen LogP contribution in [0.15, 0.2) is 24.8 Å². The Morgan fingerprint density at radius 3 is 3.12 bits per heavy atom. The van der Waals surface area contributed by atoms with Crippen molar-refractivity contribution in [3.8, 4) is 11.5 Å². The van der Waals surface area contributed by atoms with Crippen LogP contribution < -0.4 is 9.47 Å². The predicted molar refractivity (Wildman–Crippen MR) is 91.8 cm³/mol. The standard InChI is InChI=1S/C20H25NO3/c1-3-10-21-11-9-19-16-5-4-8-20(19,22)15(21)12-13-6-7-14(23-2)18(24-16)17(13)19/h3,6-7,15-16,22H,1,4-5,8-12H2,2H3/t15?,16-,19+,20+/m1/s1. The minimum Gasteiger partial charge on any atom is -0.493 e. The number of ether oxygens (including phenoxy) is 2. The Morgan fingerprint density at radius 1 is 1.46 bits per heavy atom. The maximum atomic E-state index is 12.0. The van der Waals surface area contributed by atoms with E-state index in [1.54, 1.807) is 7.11 Å². The van der Waals surface area contributed by atoms with Gasteiger partial charge in [0.15, 0.2) is 11.5 Å². The first-order valence-electron chi connectivity index (χ1n) is 9.10. The molecule has 128 valence electrons. The number of benzene rings is 1. The first-order valence-corrected chi connectivity index (χ1v) is 9.10. The molecule has 24 heavy (non-hydrogen) atoms. The second-order valence-corrected chi connectivity index (χ2v) is 7.78. The molecule has 4 nitrogen and oxygen atoms in total. The Morgan fingerprint density at radius 2 is 2.33 bits per heavy atom. The van der Waals surface area contributed by atoms with Crippen LogP contribution in [0.5, 0.6) is 11.5 Å². The second-order valence-electron chi connectivity index (χ2n) is 7.78. The van der Waals surface area contributed by atoms with Crippen LogP contribution in [0.1, 0.15) is 36.8 Å². The monoisotopic (exact) mass is 327 g/mol. The van der Waals surface area contributed by atoms with Gasteiger partial charge in [0.05, 0.1) is 18.1 Å². The van der Waals surface area contributed by atoms with Crippen LogP contribution in [0.4, 0.5) is 0 Å². The second kappa shape index (κ2) is 4.77. The summed E-state index contributed by atoms with van der Waals surface area (Å²) in [6.07, 6.45) is 6.78. The molecule has 0 amide bonds. The van der Waals surface area contributed by atoms with Crippen LogP contribution in [-0.4, -0.2) is 48.0 Å². The first-order chi connectivity index (χ1) is 11.7. The number of rotatable bonds is 3. The van der Waals surface area contributed by atoms with E-state index >= 15 is 0 Å². The van der Waals surface area contributed by atoms with Crippen LogP contribution >= 0.6 is 0 Å². The molecule has 2 heterocycles. The van der Waals surface area contributed by atoms with Gasteiger partial charge in [-0.15, -0.1) is 6.58 Å². The van der Waals surface area contributed by atoms with Gasteiger partial charge in [-0.05, 0) is 50.3 Å². The average Bonchev–Trinajstić information content (AvgIpc) is 2.91. The highest BCUT2D eigenvalue weighted by Gasteiger charge is 2.70. The summed E-state index contributed by atoms with van der Waals surface area (Å²) in [6, 6.07) is 4.37. The largest absolute Gasteiger partial charge is 0.493 e. The molecule has 1 saturated carbocycles. The van der Waals surface area contributed by atoms with Gasteiger partial charge in [0, 0.05) is 18.2 Å². The Bertz CT molecular complexity index is 717. The maximum absolute atomic E-state index is 12.0. The fraction of sp³-hybridized carbons (Fsp3) is 0.600. The van der Waals surface area contributed by atoms with Crippen molar-refractivity contribution in [1.29, 1.82) is 0 Å². The van der Waals surface area contributed by atoms with Crippen LogP contribution in [0.3, 0.4) is 0 Å². The van der Waals surface area contributed by atoms with Crippen molar-refractivity contribution in [2.45, 2.75) is 55.3 Å². The predicted octanol–water partition coefficient (Wildman–Crippen LogP) is 2.43. The molecule has 1 aromatic carbocycles. The minimum atomic E-state index is -0.707. The number of aliphatic hydroxyl groups is 1. The van der Waals surface area contributed by atoms with E-state index < -0.39 is 5.60 Å². The van der Waals surface area contributed by atoms with E-state index in [-0.39, 0.29) is 17.6 Å². The molecule has 1 aromatic rings. The highest BCUT2D eigenvalue weighted by Crippen LogP contribution is 2.65. The summed E-state index contributed by atoms with van der Waals surface area (Å²) in [6.45, 7) is 5.75. The van der Waals surface area contributed by atoms with Gasteiger partial charge in [0.25, 0.3) is 0 Å². The summed E-state index contributed by atoms with van der Waals surface area (Å²) in [4.78, 5) is 2.42. The SMILES string of the molecule is C=CCN1CC[C@@]23c4c5ccc(OC)c4O[C@@H]2CCC[C@]3(O)C1C5. The zero-order chi connectivity index (χ0) is 16.5. The van der Waals surface area contributed by atoms with E-state index in [1.165, 1.54) is 11.1 Å². The lowest BCUT2D eigenvalue weighted by Gasteiger charge is -2.63. The van der Waals surface area contributed by atoms with E-state index in [4.69, 9.17) is 9.47 Å². The molecule has 1 N–H and O–H groups in total. The van der Waals surface area contributed by atoms with Gasteiger partial charge < -0.3 is 14.6 Å². The van der Waals surface area contributed by atoms with Gasteiger partial charge in [-0.3, -0.25) is 4.90 Å². The van der Waals surface area contributed by atoms with Crippen molar-refractivity contribution in [2.24, 2.45) is 0 Å². The van der Waals surface area contributed by atoms with Crippen molar-refractivity contribution >= 4 is 0 Å². The van der Waals surface area contributed by atoms with Crippen molar-refractivity contribution in [2.75, 3.05) is 20.2 Å². The van der Waals surface area contributed by atoms with E-state index in [0.717, 1.165) is 56.7 Å². The number of hydrogen-bond acceptors (Lipinski definition) is 4. The third kappa shape index (κ3) is 1.48. The summed E-state index contributed by atoms with van der Waals surface area (Å²) in [5.41, 5.74) is 1.62. The van der Waals surface area contributed by atoms with Crippen molar-refractivity contribution < 1.29 is 14.6 Å². The number of nitrogens with zero attached hydrogens (tertiary/aromatic N) is 1. The molecule has 2 aliphatic heterocycles. The quantitative estimate of drug-likeness (QED) is 0.866. The molecule has 4 heteroatoms. The van der Waals surface area contributed by atoms with E-state index in [2.05, 4.69) is 17.5 Å². The van der Waals surface area contributed by atoms with Gasteiger partial charge in [-0.1, -0.05) is 12.1 Å². The summed E-state index contributed by atoms with van der Waals surface area (Å²) in [7, 11) is 1.70. The Balaban J connectivity index is 1.76. The van der Waals surface area contributed by atoms with Crippen LogP contribution in [0.2, 0.25) is 0 Å². The molecule has 0 radical (unpaired) electrons. The molecule has 2 bridgehead atoms. The van der Waals surface area contributed by atoms with E-state index in [0.29, 0.717) is 0 Å². The number of piperidine rings is 1. The van der Waals surface area contributed by atoms with E-state index in [9.17, 15) is 5.11 Å². The van der Waals surface area contributed by atoms with Gasteiger partial charge in [0.2, 0.25) is 0 Å². The summed E-state index contributed by atoms with van der Waals surface area (Å²) < 4.78 is 12.0. The fourth-order valence-corrected chi connectivity index (χ4v) is 6.16. The lowest BCUT2D eigenvalue weighted by molar-refractivity contribution is -0.183. The number of hydrogen-bond donors (Lipinski definition) is 1. The topological polar surface area (TPSA) is 41.9 Å². The Hall–Kier alpha value is -1.52. The highest BCUT2D eigenvalue weighted by atomic mass is 16.5. The number of methoxy groups -OCH3 is 1. The molecule has 5 rings (SSSR count). The maximum Gasteiger partial charge on any atom is 0.165 e. The zero-order valence-corrected chi connectivity index (χ0v) is 14.3. The van der Waals surface area contributed by atoms with Gasteiger partial charge in [-0.25, -0.2) is 0 Å². The van der Waals surface area contributed by atoms with Gasteiger partial charge in [0.1, 0.15) is 6.10 Å². The Labute approximate surface area is 143 Å². The normalized spacial score (nSPS) is 39.1. The summed E-state index contributed by atoms with van der Waals surface area (Å²) in [5.74, 6) is 1.71. The van der Waals surface area contributed by atoms with E-state index in [1.807, 2.05) is 12.1 Å². The molecular formula is C20H25NO3. The first kappa shape index (κ1) is 14.8. The molecular weight excluding hydrogens is 302 g/mol. The lowest BCUT2D eigenvalue weighted by Crippen LogP contribution is -2.75. The molecule has 4 atom stereocenters. The van der Waals surface area contributed by atoms with Crippen LogP contribution in [0, 0.1) is 0 Å². The molecule has 2 fully saturated rings. The molecule has 1 saturated heterocycles. The third-order valence-corrected chi connectivity index (χ3v) is 7.04.